The number of aliphatic hydroxyl groups is 3. The van der Waals surface area contributed by atoms with E-state index >= 15 is 0 Å². The zero-order chi connectivity index (χ0) is 25.4. The van der Waals surface area contributed by atoms with Crippen LogP contribution in [0.4, 0.5) is 0 Å². The maximum absolute atomic E-state index is 10.9. The zero-order valence-corrected chi connectivity index (χ0v) is 19.7. The van der Waals surface area contributed by atoms with Crippen LogP contribution in [0.25, 0.3) is 0 Å². The van der Waals surface area contributed by atoms with E-state index in [1.165, 1.54) is 0 Å². The van der Waals surface area contributed by atoms with Gasteiger partial charge in [-0.3, -0.25) is 0 Å². The van der Waals surface area contributed by atoms with Gasteiger partial charge in [0, 0.05) is 36.4 Å². The highest BCUT2D eigenvalue weighted by molar-refractivity contribution is 5.87. The minimum atomic E-state index is -0.455. The van der Waals surface area contributed by atoms with Crippen molar-refractivity contribution < 1.29 is 43.9 Å². The van der Waals surface area contributed by atoms with Gasteiger partial charge >= 0.3 is 17.9 Å². The molecule has 9 heteroatoms. The van der Waals surface area contributed by atoms with Gasteiger partial charge in [-0.1, -0.05) is 26.2 Å². The molecule has 186 valence electrons. The van der Waals surface area contributed by atoms with E-state index in [-0.39, 0.29) is 39.0 Å². The summed E-state index contributed by atoms with van der Waals surface area (Å²) < 4.78 is 14.0. The van der Waals surface area contributed by atoms with Gasteiger partial charge in [-0.05, 0) is 40.0 Å². The lowest BCUT2D eigenvalue weighted by molar-refractivity contribution is -0.140. The van der Waals surface area contributed by atoms with Gasteiger partial charge in [-0.25, -0.2) is 14.4 Å². The molecule has 0 aromatic heterocycles. The summed E-state index contributed by atoms with van der Waals surface area (Å²) in [5, 5.41) is 25.0. The first-order valence-electron chi connectivity index (χ1n) is 10.4. The molecule has 0 aliphatic carbocycles. The Morgan fingerprint density at radius 2 is 0.875 bits per heavy atom. The fourth-order valence-electron chi connectivity index (χ4n) is 1.47. The fourth-order valence-corrected chi connectivity index (χ4v) is 1.47. The number of ether oxygens (including phenoxy) is 3. The lowest BCUT2D eigenvalue weighted by atomic mass is 10.2. The van der Waals surface area contributed by atoms with Gasteiger partial charge in [0.05, 0.1) is 19.8 Å². The molecule has 0 aromatic carbocycles. The van der Waals surface area contributed by atoms with Crippen LogP contribution in [-0.4, -0.2) is 72.9 Å². The summed E-state index contributed by atoms with van der Waals surface area (Å²) in [7, 11) is 0. The molecule has 9 nitrogen and oxygen atoms in total. The summed E-state index contributed by atoms with van der Waals surface area (Å²) in [6, 6.07) is 0. The van der Waals surface area contributed by atoms with Crippen molar-refractivity contribution in [3.05, 3.63) is 36.5 Å². The highest BCUT2D eigenvalue weighted by Crippen LogP contribution is 2.00. The molecule has 32 heavy (non-hydrogen) atoms. The van der Waals surface area contributed by atoms with Crippen LogP contribution < -0.4 is 0 Å². The van der Waals surface area contributed by atoms with Crippen LogP contribution in [0.15, 0.2) is 36.5 Å². The second-order valence-electron chi connectivity index (χ2n) is 6.69. The number of hydrogen-bond donors (Lipinski definition) is 3. The van der Waals surface area contributed by atoms with Crippen molar-refractivity contribution in [1.82, 2.24) is 0 Å². The Morgan fingerprint density at radius 3 is 1.22 bits per heavy atom. The average Bonchev–Trinajstić information content (AvgIpc) is 2.74. The Labute approximate surface area is 191 Å². The Balaban J connectivity index is -0.000000403. The third kappa shape index (κ3) is 27.5. The zero-order valence-electron chi connectivity index (χ0n) is 19.7. The highest BCUT2D eigenvalue weighted by Gasteiger charge is 2.02. The van der Waals surface area contributed by atoms with Crippen molar-refractivity contribution >= 4 is 17.9 Å². The standard InChI is InChI=1S/C10H18O3.C7H12O3.C6H10O3/c1-9(2)10(12)13-8-6-4-3-5-7-11;1-6(2)7(9)10-5-3-4-8;1-5(2)6(8)9-4-3-7/h11H,1,3-8H2,2H3;8H,1,3-5H2,2H3;7H,1,3-4H2,2H3. The lowest BCUT2D eigenvalue weighted by Gasteiger charge is -2.03. The molecule has 3 N–H and O–H groups in total. The molecule has 0 amide bonds. The smallest absolute Gasteiger partial charge is 0.333 e. The number of hydrogen-bond acceptors (Lipinski definition) is 9. The quantitative estimate of drug-likeness (QED) is 0.154. The highest BCUT2D eigenvalue weighted by atomic mass is 16.5. The first kappa shape index (κ1) is 34.1. The van der Waals surface area contributed by atoms with Crippen molar-refractivity contribution in [3.8, 4) is 0 Å². The van der Waals surface area contributed by atoms with Crippen LogP contribution in [0.3, 0.4) is 0 Å². The van der Waals surface area contributed by atoms with Crippen molar-refractivity contribution in [1.29, 1.82) is 0 Å². The number of esters is 3. The number of aliphatic hydroxyl groups excluding tert-OH is 3. The number of carbonyl (C=O) groups is 3. The van der Waals surface area contributed by atoms with Gasteiger partial charge in [-0.2, -0.15) is 0 Å². The molecule has 0 rings (SSSR count). The fraction of sp³-hybridized carbons (Fsp3) is 0.609. The molecule has 0 saturated heterocycles. The van der Waals surface area contributed by atoms with Gasteiger partial charge in [0.1, 0.15) is 6.61 Å². The van der Waals surface area contributed by atoms with E-state index in [0.717, 1.165) is 25.7 Å². The molecule has 0 fully saturated rings. The van der Waals surface area contributed by atoms with Crippen LogP contribution in [0.1, 0.15) is 52.9 Å². The third-order valence-electron chi connectivity index (χ3n) is 3.19. The maximum atomic E-state index is 10.9. The molecule has 0 bridgehead atoms. The summed E-state index contributed by atoms with van der Waals surface area (Å²) in [5.74, 6) is -1.17. The second kappa shape index (κ2) is 24.8. The first-order valence-corrected chi connectivity index (χ1v) is 10.4. The van der Waals surface area contributed by atoms with E-state index in [4.69, 9.17) is 20.1 Å². The number of unbranched alkanes of at least 4 members (excludes halogenated alkanes) is 3. The molecule has 0 atom stereocenters. The van der Waals surface area contributed by atoms with Crippen LogP contribution in [0, 0.1) is 0 Å². The van der Waals surface area contributed by atoms with Crippen LogP contribution in [0.2, 0.25) is 0 Å². The van der Waals surface area contributed by atoms with Crippen molar-refractivity contribution in [2.45, 2.75) is 52.9 Å². The largest absolute Gasteiger partial charge is 0.462 e. The van der Waals surface area contributed by atoms with E-state index in [0.29, 0.717) is 29.7 Å². The Bertz CT molecular complexity index is 568. The number of rotatable bonds is 14. The van der Waals surface area contributed by atoms with E-state index < -0.39 is 11.9 Å². The summed E-state index contributed by atoms with van der Waals surface area (Å²) in [4.78, 5) is 32.0. The van der Waals surface area contributed by atoms with Gasteiger partial charge in [0.25, 0.3) is 0 Å². The predicted molar refractivity (Wildman–Crippen MR) is 122 cm³/mol. The molecular formula is C23H40O9. The summed E-state index contributed by atoms with van der Waals surface area (Å²) in [5.41, 5.74) is 1.18. The molecule has 0 spiro atoms. The van der Waals surface area contributed by atoms with E-state index in [9.17, 15) is 14.4 Å². The Kier molecular flexibility index (Phi) is 26.4. The molecular weight excluding hydrogens is 420 g/mol. The average molecular weight is 461 g/mol. The summed E-state index contributed by atoms with van der Waals surface area (Å²) in [6.07, 6.45) is 4.15. The molecule has 0 saturated carbocycles. The SMILES string of the molecule is C=C(C)C(=O)OCCCCCCO.C=C(C)C(=O)OCCCO.C=C(C)C(=O)OCCO. The lowest BCUT2D eigenvalue weighted by Crippen LogP contribution is -2.08. The van der Waals surface area contributed by atoms with E-state index in [1.54, 1.807) is 20.8 Å². The van der Waals surface area contributed by atoms with Crippen LogP contribution >= 0.6 is 0 Å². The topological polar surface area (TPSA) is 140 Å². The van der Waals surface area contributed by atoms with Crippen molar-refractivity contribution in [2.24, 2.45) is 0 Å². The van der Waals surface area contributed by atoms with Gasteiger partial charge in [0.15, 0.2) is 0 Å². The molecule has 0 aliphatic rings. The maximum Gasteiger partial charge on any atom is 0.333 e. The summed E-state index contributed by atoms with van der Waals surface area (Å²) in [6.45, 7) is 15.9. The molecule has 0 radical (unpaired) electrons. The Hall–Kier alpha value is -2.49. The summed E-state index contributed by atoms with van der Waals surface area (Å²) >= 11 is 0. The Morgan fingerprint density at radius 1 is 0.531 bits per heavy atom. The molecule has 0 heterocycles. The first-order chi connectivity index (χ1) is 15.0. The van der Waals surface area contributed by atoms with E-state index in [2.05, 4.69) is 29.2 Å². The second-order valence-corrected chi connectivity index (χ2v) is 6.69. The van der Waals surface area contributed by atoms with E-state index in [1.807, 2.05) is 0 Å². The third-order valence-corrected chi connectivity index (χ3v) is 3.19. The minimum absolute atomic E-state index is 0.0451. The minimum Gasteiger partial charge on any atom is -0.462 e. The predicted octanol–water partition coefficient (Wildman–Crippen LogP) is 2.24. The van der Waals surface area contributed by atoms with Gasteiger partial charge < -0.3 is 29.5 Å². The molecule has 0 unspecified atom stereocenters. The van der Waals surface area contributed by atoms with Gasteiger partial charge in [0.2, 0.25) is 0 Å². The normalized spacial score (nSPS) is 9.19. The van der Waals surface area contributed by atoms with Crippen molar-refractivity contribution in [3.63, 3.8) is 0 Å². The van der Waals surface area contributed by atoms with Crippen LogP contribution in [-0.2, 0) is 28.6 Å². The van der Waals surface area contributed by atoms with Crippen LogP contribution in [0.5, 0.6) is 0 Å². The van der Waals surface area contributed by atoms with Gasteiger partial charge in [-0.15, -0.1) is 0 Å². The molecule has 0 aromatic rings. The molecule has 0 aliphatic heterocycles. The van der Waals surface area contributed by atoms with Crippen molar-refractivity contribution in [2.75, 3.05) is 39.6 Å². The monoisotopic (exact) mass is 460 g/mol. The number of carbonyl (C=O) groups excluding carboxylic acids is 3.